The van der Waals surface area contributed by atoms with Crippen LogP contribution in [-0.4, -0.2) is 65.7 Å². The molecule has 1 aromatic carbocycles. The molecule has 2 saturated heterocycles. The average Bonchev–Trinajstić information content (AvgIpc) is 3.06. The molecule has 5 nitrogen and oxygen atoms in total. The highest BCUT2D eigenvalue weighted by Crippen LogP contribution is 2.24. The molecule has 1 N–H and O–H groups in total. The van der Waals surface area contributed by atoms with E-state index in [2.05, 4.69) is 4.90 Å². The largest absolute Gasteiger partial charge is 0.490 e. The van der Waals surface area contributed by atoms with E-state index >= 15 is 0 Å². The first-order valence-corrected chi connectivity index (χ1v) is 9.03. The lowest BCUT2D eigenvalue weighted by atomic mass is 9.93. The maximum absolute atomic E-state index is 12.5. The zero-order chi connectivity index (χ0) is 17.0. The van der Waals surface area contributed by atoms with Crippen molar-refractivity contribution in [2.75, 3.05) is 39.3 Å². The van der Waals surface area contributed by atoms with Crippen LogP contribution in [-0.2, 0) is 4.79 Å². The summed E-state index contributed by atoms with van der Waals surface area (Å²) in [6, 6.07) is 7.13. The number of ether oxygens (including phenoxy) is 1. The zero-order valence-electron chi connectivity index (χ0n) is 13.9. The second-order valence-electron chi connectivity index (χ2n) is 6.87. The molecule has 6 heteroatoms. The van der Waals surface area contributed by atoms with Crippen LogP contribution < -0.4 is 4.74 Å². The van der Waals surface area contributed by atoms with Crippen molar-refractivity contribution in [2.24, 2.45) is 0 Å². The Kier molecular flexibility index (Phi) is 5.64. The normalized spacial score (nSPS) is 25.0. The summed E-state index contributed by atoms with van der Waals surface area (Å²) >= 11 is 5.95. The quantitative estimate of drug-likeness (QED) is 0.882. The second-order valence-corrected chi connectivity index (χ2v) is 7.31. The predicted molar refractivity (Wildman–Crippen MR) is 93.4 cm³/mol. The van der Waals surface area contributed by atoms with E-state index in [1.807, 2.05) is 12.1 Å². The van der Waals surface area contributed by atoms with Crippen LogP contribution in [0, 0.1) is 0 Å². The van der Waals surface area contributed by atoms with Gasteiger partial charge in [-0.05, 0) is 57.0 Å². The summed E-state index contributed by atoms with van der Waals surface area (Å²) in [7, 11) is 0. The van der Waals surface area contributed by atoms with Crippen molar-refractivity contribution in [1.82, 2.24) is 9.80 Å². The molecule has 0 saturated carbocycles. The highest BCUT2D eigenvalue weighted by Gasteiger charge is 2.36. The summed E-state index contributed by atoms with van der Waals surface area (Å²) in [6.45, 7) is 3.68. The van der Waals surface area contributed by atoms with Gasteiger partial charge in [0.25, 0.3) is 0 Å². The van der Waals surface area contributed by atoms with Crippen molar-refractivity contribution >= 4 is 17.5 Å². The number of hydrogen-bond donors (Lipinski definition) is 1. The molecule has 2 aliphatic heterocycles. The maximum Gasteiger partial charge on any atom is 0.236 e. The molecule has 132 valence electrons. The summed E-state index contributed by atoms with van der Waals surface area (Å²) in [6.07, 6.45) is 3.78. The van der Waals surface area contributed by atoms with Gasteiger partial charge in [0.2, 0.25) is 5.91 Å². The molecule has 1 amide bonds. The summed E-state index contributed by atoms with van der Waals surface area (Å²) in [5.74, 6) is 0.745. The first kappa shape index (κ1) is 17.5. The lowest BCUT2D eigenvalue weighted by molar-refractivity contribution is -0.141. The highest BCUT2D eigenvalue weighted by atomic mass is 35.5. The lowest BCUT2D eigenvalue weighted by Gasteiger charge is -2.39. The minimum Gasteiger partial charge on any atom is -0.490 e. The Morgan fingerprint density at radius 1 is 1.25 bits per heavy atom. The van der Waals surface area contributed by atoms with E-state index in [-0.39, 0.29) is 12.5 Å². The number of β-amino-alcohol motifs (C(OH)–C–C–N with tert-alkyl or cyclic N) is 1. The van der Waals surface area contributed by atoms with Gasteiger partial charge in [-0.3, -0.25) is 9.69 Å². The number of aliphatic hydroxyl groups is 1. The van der Waals surface area contributed by atoms with E-state index in [1.165, 1.54) is 12.8 Å². The lowest BCUT2D eigenvalue weighted by Crippen LogP contribution is -2.54. The summed E-state index contributed by atoms with van der Waals surface area (Å²) < 4.78 is 5.71. The Hall–Kier alpha value is -1.30. The van der Waals surface area contributed by atoms with Crippen molar-refractivity contribution in [2.45, 2.75) is 31.3 Å². The van der Waals surface area contributed by atoms with Crippen molar-refractivity contribution in [3.05, 3.63) is 29.3 Å². The molecular weight excluding hydrogens is 328 g/mol. The van der Waals surface area contributed by atoms with Gasteiger partial charge < -0.3 is 14.7 Å². The van der Waals surface area contributed by atoms with Crippen LogP contribution in [0.5, 0.6) is 5.75 Å². The van der Waals surface area contributed by atoms with Gasteiger partial charge in [-0.2, -0.15) is 0 Å². The minimum absolute atomic E-state index is 0.109. The van der Waals surface area contributed by atoms with Gasteiger partial charge in [0.1, 0.15) is 18.0 Å². The third-order valence-corrected chi connectivity index (χ3v) is 5.00. The minimum atomic E-state index is -0.999. The maximum atomic E-state index is 12.5. The molecule has 0 radical (unpaired) electrons. The van der Waals surface area contributed by atoms with Gasteiger partial charge in [0.05, 0.1) is 13.1 Å². The van der Waals surface area contributed by atoms with Crippen LogP contribution in [0.15, 0.2) is 24.3 Å². The van der Waals surface area contributed by atoms with Gasteiger partial charge in [-0.15, -0.1) is 0 Å². The average molecular weight is 353 g/mol. The van der Waals surface area contributed by atoms with Gasteiger partial charge in [0, 0.05) is 11.6 Å². The molecule has 24 heavy (non-hydrogen) atoms. The number of amides is 1. The van der Waals surface area contributed by atoms with Crippen LogP contribution in [0.2, 0.25) is 5.02 Å². The molecule has 0 aliphatic carbocycles. The van der Waals surface area contributed by atoms with E-state index in [1.54, 1.807) is 17.0 Å². The number of halogens is 1. The third kappa shape index (κ3) is 4.62. The van der Waals surface area contributed by atoms with Crippen molar-refractivity contribution in [3.63, 3.8) is 0 Å². The second kappa shape index (κ2) is 7.72. The number of carbonyl (C=O) groups is 1. The first-order chi connectivity index (χ1) is 11.5. The zero-order valence-corrected chi connectivity index (χ0v) is 14.7. The molecule has 1 aromatic rings. The smallest absolute Gasteiger partial charge is 0.236 e. The third-order valence-electron chi connectivity index (χ3n) is 4.77. The van der Waals surface area contributed by atoms with Crippen LogP contribution >= 0.6 is 11.6 Å². The standard InChI is InChI=1S/C18H25ClN2O3/c19-15-5-3-6-16(11-15)24-14-18(23)7-4-10-21(13-18)17(22)12-20-8-1-2-9-20/h3,5-6,11,23H,1-2,4,7-10,12-14H2. The number of carbonyl (C=O) groups excluding carboxylic acids is 1. The molecule has 0 spiro atoms. The van der Waals surface area contributed by atoms with Crippen LogP contribution in [0.3, 0.4) is 0 Å². The number of likely N-dealkylation sites (tertiary alicyclic amines) is 2. The van der Waals surface area contributed by atoms with E-state index in [0.29, 0.717) is 36.8 Å². The van der Waals surface area contributed by atoms with E-state index in [4.69, 9.17) is 16.3 Å². The molecule has 3 rings (SSSR count). The number of rotatable bonds is 5. The Morgan fingerprint density at radius 2 is 2.04 bits per heavy atom. The Morgan fingerprint density at radius 3 is 2.79 bits per heavy atom. The van der Waals surface area contributed by atoms with E-state index in [0.717, 1.165) is 19.5 Å². The van der Waals surface area contributed by atoms with Crippen molar-refractivity contribution in [1.29, 1.82) is 0 Å². The molecule has 1 atom stereocenters. The fraction of sp³-hybridized carbons (Fsp3) is 0.611. The molecule has 0 bridgehead atoms. The van der Waals surface area contributed by atoms with Crippen LogP contribution in [0.4, 0.5) is 0 Å². The Balaban J connectivity index is 1.54. The van der Waals surface area contributed by atoms with Gasteiger partial charge in [0.15, 0.2) is 0 Å². The summed E-state index contributed by atoms with van der Waals surface area (Å²) in [5.41, 5.74) is -0.999. The molecule has 0 aromatic heterocycles. The molecule has 2 heterocycles. The fourth-order valence-electron chi connectivity index (χ4n) is 3.45. The number of benzene rings is 1. The SMILES string of the molecule is O=C(CN1CCCC1)N1CCCC(O)(COc2cccc(Cl)c2)C1. The monoisotopic (exact) mass is 352 g/mol. The van der Waals surface area contributed by atoms with Crippen LogP contribution in [0.25, 0.3) is 0 Å². The van der Waals surface area contributed by atoms with Gasteiger partial charge >= 0.3 is 0 Å². The fourth-order valence-corrected chi connectivity index (χ4v) is 3.63. The Labute approximate surface area is 148 Å². The molecular formula is C18H25ClN2O3. The molecule has 2 aliphatic rings. The van der Waals surface area contributed by atoms with Crippen LogP contribution in [0.1, 0.15) is 25.7 Å². The Bertz CT molecular complexity index is 577. The van der Waals surface area contributed by atoms with Gasteiger partial charge in [-0.1, -0.05) is 17.7 Å². The predicted octanol–water partition coefficient (Wildman–Crippen LogP) is 2.17. The summed E-state index contributed by atoms with van der Waals surface area (Å²) in [5, 5.41) is 11.4. The van der Waals surface area contributed by atoms with E-state index < -0.39 is 5.60 Å². The molecule has 1 unspecified atom stereocenters. The highest BCUT2D eigenvalue weighted by molar-refractivity contribution is 6.30. The number of nitrogens with zero attached hydrogens (tertiary/aromatic N) is 2. The molecule has 2 fully saturated rings. The first-order valence-electron chi connectivity index (χ1n) is 8.65. The number of hydrogen-bond acceptors (Lipinski definition) is 4. The van der Waals surface area contributed by atoms with Crippen molar-refractivity contribution in [3.8, 4) is 5.75 Å². The van der Waals surface area contributed by atoms with Gasteiger partial charge in [-0.25, -0.2) is 0 Å². The summed E-state index contributed by atoms with van der Waals surface area (Å²) in [4.78, 5) is 16.4. The number of piperidine rings is 1. The van der Waals surface area contributed by atoms with Crippen molar-refractivity contribution < 1.29 is 14.6 Å². The topological polar surface area (TPSA) is 53.0 Å². The van der Waals surface area contributed by atoms with E-state index in [9.17, 15) is 9.90 Å².